The molecule has 0 radical (unpaired) electrons. The van der Waals surface area contributed by atoms with Crippen molar-refractivity contribution in [3.05, 3.63) is 21.9 Å². The van der Waals surface area contributed by atoms with Crippen molar-refractivity contribution in [1.82, 2.24) is 5.32 Å². The summed E-state index contributed by atoms with van der Waals surface area (Å²) >= 11 is 1.55. The van der Waals surface area contributed by atoms with Gasteiger partial charge in [0.2, 0.25) is 0 Å². The first-order chi connectivity index (χ1) is 7.17. The predicted octanol–water partition coefficient (Wildman–Crippen LogP) is 3.22. The lowest BCUT2D eigenvalue weighted by Gasteiger charge is -2.12. The van der Waals surface area contributed by atoms with Gasteiger partial charge in [-0.05, 0) is 25.0 Å². The molecule has 1 aromatic heterocycles. The van der Waals surface area contributed by atoms with Crippen LogP contribution in [0.2, 0.25) is 0 Å². The van der Waals surface area contributed by atoms with Gasteiger partial charge in [-0.2, -0.15) is 0 Å². The molecule has 15 heavy (non-hydrogen) atoms. The van der Waals surface area contributed by atoms with Gasteiger partial charge in [-0.1, -0.05) is 26.7 Å². The van der Waals surface area contributed by atoms with Gasteiger partial charge in [0.25, 0.3) is 5.91 Å². The zero-order chi connectivity index (χ0) is 11.3. The number of hydrogen-bond acceptors (Lipinski definition) is 2. The van der Waals surface area contributed by atoms with Crippen molar-refractivity contribution in [1.29, 1.82) is 0 Å². The molecule has 0 spiro atoms. The van der Waals surface area contributed by atoms with Gasteiger partial charge in [-0.3, -0.25) is 4.79 Å². The molecule has 84 valence electrons. The Labute approximate surface area is 95.7 Å². The molecule has 0 aliphatic carbocycles. The van der Waals surface area contributed by atoms with E-state index in [1.54, 1.807) is 11.3 Å². The van der Waals surface area contributed by atoms with Crippen LogP contribution in [0.1, 0.15) is 41.2 Å². The van der Waals surface area contributed by atoms with Crippen molar-refractivity contribution in [3.8, 4) is 0 Å². The fourth-order valence-corrected chi connectivity index (χ4v) is 2.24. The van der Waals surface area contributed by atoms with E-state index in [2.05, 4.69) is 19.2 Å². The summed E-state index contributed by atoms with van der Waals surface area (Å²) in [6, 6.07) is 3.87. The van der Waals surface area contributed by atoms with Gasteiger partial charge in [0.05, 0.1) is 4.88 Å². The standard InChI is InChI=1S/C12H19NOS/c1-4-10(5-2)8-13-12(14)11-7-6-9(3)15-11/h6-7,10H,4-5,8H2,1-3H3,(H,13,14). The molecule has 1 rings (SSSR count). The molecule has 3 heteroatoms. The second kappa shape index (κ2) is 5.91. The van der Waals surface area contributed by atoms with E-state index >= 15 is 0 Å². The van der Waals surface area contributed by atoms with E-state index in [4.69, 9.17) is 0 Å². The molecular weight excluding hydrogens is 206 g/mol. The topological polar surface area (TPSA) is 29.1 Å². The van der Waals surface area contributed by atoms with Crippen molar-refractivity contribution in [2.24, 2.45) is 5.92 Å². The summed E-state index contributed by atoms with van der Waals surface area (Å²) in [4.78, 5) is 13.7. The number of amides is 1. The third-order valence-corrected chi connectivity index (χ3v) is 3.67. The SMILES string of the molecule is CCC(CC)CNC(=O)c1ccc(C)s1. The smallest absolute Gasteiger partial charge is 0.261 e. The summed E-state index contributed by atoms with van der Waals surface area (Å²) in [5.41, 5.74) is 0. The number of rotatable bonds is 5. The molecule has 1 amide bonds. The highest BCUT2D eigenvalue weighted by Crippen LogP contribution is 2.15. The van der Waals surface area contributed by atoms with Gasteiger partial charge in [-0.15, -0.1) is 11.3 Å². The summed E-state index contributed by atoms with van der Waals surface area (Å²) in [6.45, 7) is 7.14. The molecule has 0 unspecified atom stereocenters. The summed E-state index contributed by atoms with van der Waals surface area (Å²) in [5, 5.41) is 2.99. The highest BCUT2D eigenvalue weighted by Gasteiger charge is 2.09. The average Bonchev–Trinajstić information content (AvgIpc) is 2.66. The summed E-state index contributed by atoms with van der Waals surface area (Å²) in [6.07, 6.45) is 2.25. The highest BCUT2D eigenvalue weighted by molar-refractivity contribution is 7.13. The Kier molecular flexibility index (Phi) is 4.82. The van der Waals surface area contributed by atoms with Gasteiger partial charge in [-0.25, -0.2) is 0 Å². The van der Waals surface area contributed by atoms with Crippen LogP contribution >= 0.6 is 11.3 Å². The minimum absolute atomic E-state index is 0.0694. The predicted molar refractivity (Wildman–Crippen MR) is 65.5 cm³/mol. The van der Waals surface area contributed by atoms with Crippen LogP contribution in [0.15, 0.2) is 12.1 Å². The van der Waals surface area contributed by atoms with E-state index in [1.165, 1.54) is 4.88 Å². The van der Waals surface area contributed by atoms with Gasteiger partial charge in [0.15, 0.2) is 0 Å². The number of carbonyl (C=O) groups is 1. The second-order valence-corrected chi connectivity index (χ2v) is 5.09. The summed E-state index contributed by atoms with van der Waals surface area (Å²) in [7, 11) is 0. The first kappa shape index (κ1) is 12.2. The number of hydrogen-bond donors (Lipinski definition) is 1. The van der Waals surface area contributed by atoms with Gasteiger partial charge >= 0.3 is 0 Å². The third-order valence-electron chi connectivity index (χ3n) is 2.67. The summed E-state index contributed by atoms with van der Waals surface area (Å²) < 4.78 is 0. The number of nitrogens with one attached hydrogen (secondary N) is 1. The Morgan fingerprint density at radius 1 is 1.40 bits per heavy atom. The van der Waals surface area contributed by atoms with Gasteiger partial charge in [0, 0.05) is 11.4 Å². The van der Waals surface area contributed by atoms with Crippen LogP contribution in [0.5, 0.6) is 0 Å². The van der Waals surface area contributed by atoms with Crippen LogP contribution in [0.3, 0.4) is 0 Å². The molecule has 1 N–H and O–H groups in total. The zero-order valence-electron chi connectivity index (χ0n) is 9.67. The lowest BCUT2D eigenvalue weighted by Crippen LogP contribution is -2.28. The maximum Gasteiger partial charge on any atom is 0.261 e. The average molecular weight is 225 g/mol. The number of carbonyl (C=O) groups excluding carboxylic acids is 1. The Bertz CT molecular complexity index is 315. The largest absolute Gasteiger partial charge is 0.351 e. The van der Waals surface area contributed by atoms with E-state index in [9.17, 15) is 4.79 Å². The van der Waals surface area contributed by atoms with Gasteiger partial charge < -0.3 is 5.32 Å². The number of thiophene rings is 1. The molecule has 0 aliphatic rings. The monoisotopic (exact) mass is 225 g/mol. The first-order valence-electron chi connectivity index (χ1n) is 5.52. The van der Waals surface area contributed by atoms with E-state index in [-0.39, 0.29) is 5.91 Å². The molecule has 0 saturated carbocycles. The van der Waals surface area contributed by atoms with E-state index in [1.807, 2.05) is 19.1 Å². The fraction of sp³-hybridized carbons (Fsp3) is 0.583. The molecule has 1 aromatic rings. The molecule has 0 aromatic carbocycles. The molecule has 2 nitrogen and oxygen atoms in total. The molecular formula is C12H19NOS. The fourth-order valence-electron chi connectivity index (χ4n) is 1.46. The maximum absolute atomic E-state index is 11.7. The van der Waals surface area contributed by atoms with Crippen LogP contribution in [-0.4, -0.2) is 12.5 Å². The molecule has 0 aliphatic heterocycles. The van der Waals surface area contributed by atoms with Crippen LogP contribution in [0.25, 0.3) is 0 Å². The molecule has 0 saturated heterocycles. The lowest BCUT2D eigenvalue weighted by molar-refractivity contribution is 0.0950. The van der Waals surface area contributed by atoms with Crippen molar-refractivity contribution in [2.75, 3.05) is 6.54 Å². The van der Waals surface area contributed by atoms with Crippen molar-refractivity contribution in [3.63, 3.8) is 0 Å². The van der Waals surface area contributed by atoms with E-state index in [0.29, 0.717) is 5.92 Å². The Morgan fingerprint density at radius 2 is 2.07 bits per heavy atom. The summed E-state index contributed by atoms with van der Waals surface area (Å²) in [5.74, 6) is 0.676. The van der Waals surface area contributed by atoms with E-state index < -0.39 is 0 Å². The Morgan fingerprint density at radius 3 is 2.53 bits per heavy atom. The minimum atomic E-state index is 0.0694. The minimum Gasteiger partial charge on any atom is -0.351 e. The molecule has 0 atom stereocenters. The second-order valence-electron chi connectivity index (χ2n) is 3.80. The van der Waals surface area contributed by atoms with Gasteiger partial charge in [0.1, 0.15) is 0 Å². The Hall–Kier alpha value is -0.830. The normalized spacial score (nSPS) is 10.7. The quantitative estimate of drug-likeness (QED) is 0.819. The van der Waals surface area contributed by atoms with Crippen molar-refractivity contribution >= 4 is 17.2 Å². The molecule has 0 fully saturated rings. The van der Waals surface area contributed by atoms with Crippen molar-refractivity contribution < 1.29 is 4.79 Å². The zero-order valence-corrected chi connectivity index (χ0v) is 10.5. The highest BCUT2D eigenvalue weighted by atomic mass is 32.1. The lowest BCUT2D eigenvalue weighted by atomic mass is 10.0. The van der Waals surface area contributed by atoms with E-state index in [0.717, 1.165) is 24.3 Å². The third kappa shape index (κ3) is 3.67. The molecule has 0 bridgehead atoms. The Balaban J connectivity index is 2.42. The van der Waals surface area contributed by atoms with Crippen LogP contribution < -0.4 is 5.32 Å². The van der Waals surface area contributed by atoms with Crippen LogP contribution in [-0.2, 0) is 0 Å². The van der Waals surface area contributed by atoms with Crippen LogP contribution in [0, 0.1) is 12.8 Å². The maximum atomic E-state index is 11.7. The first-order valence-corrected chi connectivity index (χ1v) is 6.33. The van der Waals surface area contributed by atoms with Crippen LogP contribution in [0.4, 0.5) is 0 Å². The molecule has 1 heterocycles. The van der Waals surface area contributed by atoms with Crippen molar-refractivity contribution in [2.45, 2.75) is 33.6 Å². The number of aryl methyl sites for hydroxylation is 1.